The first-order valence-electron chi connectivity index (χ1n) is 9.57. The van der Waals surface area contributed by atoms with Crippen LogP contribution in [0.1, 0.15) is 34.1 Å². The van der Waals surface area contributed by atoms with E-state index in [9.17, 15) is 22.8 Å². The number of sulfone groups is 1. The highest BCUT2D eigenvalue weighted by Gasteiger charge is 2.36. The van der Waals surface area contributed by atoms with E-state index in [4.69, 9.17) is 0 Å². The van der Waals surface area contributed by atoms with Gasteiger partial charge in [-0.25, -0.2) is 8.42 Å². The van der Waals surface area contributed by atoms with Crippen molar-refractivity contribution in [1.29, 1.82) is 0 Å². The molecule has 0 fully saturated rings. The number of thiazole rings is 1. The number of fused-ring (bicyclic) bond motifs is 2. The van der Waals surface area contributed by atoms with Crippen LogP contribution in [0.3, 0.4) is 0 Å². The molecule has 10 heteroatoms. The number of rotatable bonds is 5. The summed E-state index contributed by atoms with van der Waals surface area (Å²) in [5, 5.41) is 0. The molecule has 2 heterocycles. The van der Waals surface area contributed by atoms with Crippen molar-refractivity contribution in [2.75, 3.05) is 12.8 Å². The average molecular weight is 458 g/mol. The van der Waals surface area contributed by atoms with Crippen LogP contribution in [0.15, 0.2) is 52.4 Å². The Hall–Kier alpha value is -3.11. The van der Waals surface area contributed by atoms with Gasteiger partial charge in [0, 0.05) is 12.8 Å². The second-order valence-corrected chi connectivity index (χ2v) is 10.2. The highest BCUT2D eigenvalue weighted by Crippen LogP contribution is 2.23. The number of amides is 3. The van der Waals surface area contributed by atoms with Gasteiger partial charge in [-0.1, -0.05) is 30.4 Å². The van der Waals surface area contributed by atoms with Crippen molar-refractivity contribution in [3.05, 3.63) is 58.4 Å². The van der Waals surface area contributed by atoms with Crippen LogP contribution in [0, 0.1) is 0 Å². The summed E-state index contributed by atoms with van der Waals surface area (Å²) in [6.45, 7) is 2.10. The molecule has 2 aromatic carbocycles. The first-order chi connectivity index (χ1) is 14.7. The number of hydrogen-bond acceptors (Lipinski definition) is 6. The fraction of sp³-hybridized carbons (Fsp3) is 0.238. The minimum absolute atomic E-state index is 0.189. The van der Waals surface area contributed by atoms with Crippen LogP contribution in [0.2, 0.25) is 0 Å². The highest BCUT2D eigenvalue weighted by atomic mass is 32.2. The molecule has 0 atom stereocenters. The van der Waals surface area contributed by atoms with Crippen molar-refractivity contribution >= 4 is 49.1 Å². The zero-order valence-electron chi connectivity index (χ0n) is 16.9. The van der Waals surface area contributed by atoms with Crippen LogP contribution >= 0.6 is 11.3 Å². The lowest BCUT2D eigenvalue weighted by molar-refractivity contribution is -0.118. The molecular weight excluding hydrogens is 438 g/mol. The van der Waals surface area contributed by atoms with Crippen LogP contribution in [-0.4, -0.2) is 48.4 Å². The number of nitrogens with zero attached hydrogens (tertiary/aromatic N) is 3. The number of imide groups is 1. The van der Waals surface area contributed by atoms with Gasteiger partial charge in [-0.05, 0) is 36.8 Å². The summed E-state index contributed by atoms with van der Waals surface area (Å²) < 4.78 is 26.3. The molecule has 0 N–H and O–H groups in total. The van der Waals surface area contributed by atoms with Crippen molar-refractivity contribution in [2.24, 2.45) is 4.99 Å². The van der Waals surface area contributed by atoms with E-state index in [1.165, 1.54) is 17.4 Å². The van der Waals surface area contributed by atoms with Crippen molar-refractivity contribution in [3.8, 4) is 0 Å². The molecule has 0 unspecified atom stereocenters. The molecule has 1 aromatic heterocycles. The average Bonchev–Trinajstić information content (AvgIpc) is 3.18. The fourth-order valence-electron chi connectivity index (χ4n) is 3.47. The Kier molecular flexibility index (Phi) is 5.36. The molecule has 0 radical (unpaired) electrons. The summed E-state index contributed by atoms with van der Waals surface area (Å²) >= 11 is 1.19. The molecule has 3 amide bonds. The van der Waals surface area contributed by atoms with Gasteiger partial charge in [0.1, 0.15) is 6.54 Å². The van der Waals surface area contributed by atoms with Gasteiger partial charge in [0.15, 0.2) is 14.6 Å². The number of aryl methyl sites for hydroxylation is 1. The number of hydrogen-bond donors (Lipinski definition) is 0. The minimum Gasteiger partial charge on any atom is -0.316 e. The number of aromatic nitrogens is 1. The van der Waals surface area contributed by atoms with Crippen molar-refractivity contribution in [2.45, 2.75) is 24.8 Å². The van der Waals surface area contributed by atoms with Crippen molar-refractivity contribution < 1.29 is 22.8 Å². The third-order valence-electron chi connectivity index (χ3n) is 4.92. The molecular formula is C21H19N3O5S2. The van der Waals surface area contributed by atoms with Crippen LogP contribution in [0.25, 0.3) is 10.2 Å². The molecule has 0 aliphatic carbocycles. The molecule has 0 bridgehead atoms. The monoisotopic (exact) mass is 457 g/mol. The van der Waals surface area contributed by atoms with Gasteiger partial charge in [0.05, 0.1) is 26.2 Å². The number of benzene rings is 2. The number of carbonyl (C=O) groups excluding carboxylic acids is 3. The molecule has 1 aliphatic heterocycles. The second kappa shape index (κ2) is 7.86. The third-order valence-corrected chi connectivity index (χ3v) is 7.07. The first kappa shape index (κ1) is 21.1. The predicted molar refractivity (Wildman–Crippen MR) is 116 cm³/mol. The summed E-state index contributed by atoms with van der Waals surface area (Å²) in [4.78, 5) is 43.3. The van der Waals surface area contributed by atoms with E-state index in [1.54, 1.807) is 36.4 Å². The highest BCUT2D eigenvalue weighted by molar-refractivity contribution is 7.90. The van der Waals surface area contributed by atoms with Crippen molar-refractivity contribution in [1.82, 2.24) is 9.47 Å². The molecule has 0 saturated heterocycles. The van der Waals surface area contributed by atoms with E-state index in [0.29, 0.717) is 16.0 Å². The Balaban J connectivity index is 1.70. The number of carbonyl (C=O) groups is 3. The van der Waals surface area contributed by atoms with Gasteiger partial charge in [0.2, 0.25) is 0 Å². The minimum atomic E-state index is -3.37. The zero-order valence-corrected chi connectivity index (χ0v) is 18.5. The largest absolute Gasteiger partial charge is 0.316 e. The summed E-state index contributed by atoms with van der Waals surface area (Å²) in [6, 6.07) is 11.2. The standard InChI is InChI=1S/C21H19N3O5S2/c1-3-10-23-16-9-8-13(31(2,28)29)11-17(16)30-21(23)22-18(25)12-24-19(26)14-6-4-5-7-15(14)20(24)27/h4-9,11H,3,10,12H2,1-2H3. The first-order valence-corrected chi connectivity index (χ1v) is 12.3. The summed E-state index contributed by atoms with van der Waals surface area (Å²) in [6.07, 6.45) is 1.91. The maximum absolute atomic E-state index is 12.7. The van der Waals surface area contributed by atoms with Crippen LogP contribution < -0.4 is 4.80 Å². The molecule has 1 aliphatic rings. The van der Waals surface area contributed by atoms with E-state index in [2.05, 4.69) is 4.99 Å². The van der Waals surface area contributed by atoms with E-state index >= 15 is 0 Å². The van der Waals surface area contributed by atoms with E-state index in [-0.39, 0.29) is 16.0 Å². The Labute approximate surface area is 182 Å². The lowest BCUT2D eigenvalue weighted by Gasteiger charge is -2.10. The van der Waals surface area contributed by atoms with E-state index in [1.807, 2.05) is 11.5 Å². The molecule has 3 aromatic rings. The second-order valence-electron chi connectivity index (χ2n) is 7.19. The smallest absolute Gasteiger partial charge is 0.268 e. The Morgan fingerprint density at radius 1 is 1.06 bits per heavy atom. The van der Waals surface area contributed by atoms with Crippen LogP contribution in [-0.2, 0) is 21.2 Å². The molecule has 4 rings (SSSR count). The van der Waals surface area contributed by atoms with Gasteiger partial charge in [-0.15, -0.1) is 0 Å². The lowest BCUT2D eigenvalue weighted by Crippen LogP contribution is -2.35. The van der Waals surface area contributed by atoms with Gasteiger partial charge in [-0.3, -0.25) is 19.3 Å². The molecule has 31 heavy (non-hydrogen) atoms. The molecule has 0 spiro atoms. The zero-order chi connectivity index (χ0) is 22.3. The van der Waals surface area contributed by atoms with Crippen LogP contribution in [0.5, 0.6) is 0 Å². The van der Waals surface area contributed by atoms with E-state index < -0.39 is 34.1 Å². The van der Waals surface area contributed by atoms with E-state index in [0.717, 1.165) is 23.1 Å². The van der Waals surface area contributed by atoms with Gasteiger partial charge in [0.25, 0.3) is 17.7 Å². The summed E-state index contributed by atoms with van der Waals surface area (Å²) in [7, 11) is -3.37. The summed E-state index contributed by atoms with van der Waals surface area (Å²) in [5.74, 6) is -1.66. The quantitative estimate of drug-likeness (QED) is 0.546. The van der Waals surface area contributed by atoms with Gasteiger partial charge in [-0.2, -0.15) is 4.99 Å². The molecule has 160 valence electrons. The third kappa shape index (κ3) is 3.84. The summed E-state index contributed by atoms with van der Waals surface area (Å²) in [5.41, 5.74) is 1.32. The van der Waals surface area contributed by atoms with Crippen LogP contribution in [0.4, 0.5) is 0 Å². The lowest BCUT2D eigenvalue weighted by atomic mass is 10.1. The maximum Gasteiger partial charge on any atom is 0.268 e. The maximum atomic E-state index is 12.7. The molecule has 0 saturated carbocycles. The molecule has 8 nitrogen and oxygen atoms in total. The predicted octanol–water partition coefficient (Wildman–Crippen LogP) is 2.24. The topological polar surface area (TPSA) is 106 Å². The normalized spacial score (nSPS) is 14.5. The Bertz CT molecular complexity index is 1380. The van der Waals surface area contributed by atoms with Crippen molar-refractivity contribution in [3.63, 3.8) is 0 Å². The van der Waals surface area contributed by atoms with Gasteiger partial charge < -0.3 is 4.57 Å². The van der Waals surface area contributed by atoms with Gasteiger partial charge >= 0.3 is 0 Å². The Morgan fingerprint density at radius 3 is 2.29 bits per heavy atom. The Morgan fingerprint density at radius 2 is 1.71 bits per heavy atom. The fourth-order valence-corrected chi connectivity index (χ4v) is 5.30. The SMILES string of the molecule is CCCn1c(=NC(=O)CN2C(=O)c3ccccc3C2=O)sc2cc(S(C)(=O)=O)ccc21.